The van der Waals surface area contributed by atoms with Crippen LogP contribution in [0.3, 0.4) is 0 Å². The van der Waals surface area contributed by atoms with E-state index in [9.17, 15) is 0 Å². The van der Waals surface area contributed by atoms with Gasteiger partial charge in [-0.1, -0.05) is 17.7 Å². The number of hydrogen-bond acceptors (Lipinski definition) is 2. The van der Waals surface area contributed by atoms with Crippen molar-refractivity contribution < 1.29 is 0 Å². The Morgan fingerprint density at radius 3 is 2.87 bits per heavy atom. The van der Waals surface area contributed by atoms with E-state index in [1.54, 1.807) is 0 Å². The number of nitrogens with one attached hydrogen (secondary N) is 1. The summed E-state index contributed by atoms with van der Waals surface area (Å²) >= 11 is 0. The molecule has 0 aromatic heterocycles. The maximum Gasteiger partial charge on any atom is 0.102 e. The molecule has 0 saturated carbocycles. The molecule has 0 spiro atoms. The van der Waals surface area contributed by atoms with Crippen LogP contribution in [0.25, 0.3) is 0 Å². The van der Waals surface area contributed by atoms with Crippen molar-refractivity contribution >= 4 is 5.69 Å². The van der Waals surface area contributed by atoms with Crippen LogP contribution >= 0.6 is 0 Å². The minimum absolute atomic E-state index is 0.735. The number of rotatable bonds is 4. The average Bonchev–Trinajstić information content (AvgIpc) is 2.17. The van der Waals surface area contributed by atoms with Crippen molar-refractivity contribution in [2.45, 2.75) is 20.3 Å². The SMILES string of the molecule is C=C(C)CCNc1cccc(C)c1C#N. The predicted molar refractivity (Wildman–Crippen MR) is 63.8 cm³/mol. The Kier molecular flexibility index (Phi) is 3.93. The number of hydrogen-bond donors (Lipinski definition) is 1. The molecule has 1 aromatic carbocycles. The second-order valence-electron chi connectivity index (χ2n) is 3.74. The lowest BCUT2D eigenvalue weighted by atomic mass is 10.1. The normalized spacial score (nSPS) is 9.40. The molecule has 0 heterocycles. The van der Waals surface area contributed by atoms with E-state index in [-0.39, 0.29) is 0 Å². The summed E-state index contributed by atoms with van der Waals surface area (Å²) < 4.78 is 0. The molecule has 2 heteroatoms. The highest BCUT2D eigenvalue weighted by molar-refractivity contribution is 5.60. The van der Waals surface area contributed by atoms with E-state index in [1.807, 2.05) is 32.0 Å². The molecular formula is C13H16N2. The summed E-state index contributed by atoms with van der Waals surface area (Å²) in [5.74, 6) is 0. The molecule has 1 N–H and O–H groups in total. The van der Waals surface area contributed by atoms with Gasteiger partial charge in [0, 0.05) is 6.54 Å². The Labute approximate surface area is 91.2 Å². The average molecular weight is 200 g/mol. The van der Waals surface area contributed by atoms with Crippen molar-refractivity contribution in [3.05, 3.63) is 41.5 Å². The van der Waals surface area contributed by atoms with Crippen LogP contribution in [0.5, 0.6) is 0 Å². The van der Waals surface area contributed by atoms with Crippen LogP contribution in [-0.2, 0) is 0 Å². The van der Waals surface area contributed by atoms with Crippen molar-refractivity contribution in [1.82, 2.24) is 0 Å². The van der Waals surface area contributed by atoms with E-state index >= 15 is 0 Å². The molecular weight excluding hydrogens is 184 g/mol. The number of nitriles is 1. The minimum atomic E-state index is 0.735. The zero-order valence-corrected chi connectivity index (χ0v) is 9.30. The predicted octanol–water partition coefficient (Wildman–Crippen LogP) is 3.24. The standard InChI is InChI=1S/C13H16N2/c1-10(2)7-8-15-13-6-4-5-11(3)12(13)9-14/h4-6,15H,1,7-8H2,2-3H3. The first-order valence-corrected chi connectivity index (χ1v) is 5.03. The lowest BCUT2D eigenvalue weighted by molar-refractivity contribution is 1.00. The summed E-state index contributed by atoms with van der Waals surface area (Å²) in [5.41, 5.74) is 3.81. The first-order chi connectivity index (χ1) is 7.15. The van der Waals surface area contributed by atoms with Crippen LogP contribution in [-0.4, -0.2) is 6.54 Å². The first kappa shape index (κ1) is 11.3. The number of nitrogens with zero attached hydrogens (tertiary/aromatic N) is 1. The molecule has 0 aliphatic rings. The summed E-state index contributed by atoms with van der Waals surface area (Å²) in [7, 11) is 0. The van der Waals surface area contributed by atoms with Crippen LogP contribution in [0.1, 0.15) is 24.5 Å². The number of benzene rings is 1. The fourth-order valence-corrected chi connectivity index (χ4v) is 1.37. The van der Waals surface area contributed by atoms with Gasteiger partial charge in [0.25, 0.3) is 0 Å². The molecule has 0 radical (unpaired) electrons. The maximum atomic E-state index is 9.00. The van der Waals surface area contributed by atoms with Crippen LogP contribution in [0.15, 0.2) is 30.4 Å². The van der Waals surface area contributed by atoms with E-state index in [4.69, 9.17) is 5.26 Å². The van der Waals surface area contributed by atoms with Gasteiger partial charge in [0.15, 0.2) is 0 Å². The van der Waals surface area contributed by atoms with Crippen LogP contribution < -0.4 is 5.32 Å². The van der Waals surface area contributed by atoms with Gasteiger partial charge in [-0.15, -0.1) is 6.58 Å². The third-order valence-electron chi connectivity index (χ3n) is 2.25. The topological polar surface area (TPSA) is 35.8 Å². The Bertz CT molecular complexity index is 399. The quantitative estimate of drug-likeness (QED) is 0.757. The van der Waals surface area contributed by atoms with Gasteiger partial charge in [0.2, 0.25) is 0 Å². The Morgan fingerprint density at radius 2 is 2.27 bits per heavy atom. The van der Waals surface area contributed by atoms with Crippen LogP contribution in [0.4, 0.5) is 5.69 Å². The van der Waals surface area contributed by atoms with Crippen molar-refractivity contribution in [2.75, 3.05) is 11.9 Å². The fraction of sp³-hybridized carbons (Fsp3) is 0.308. The molecule has 0 unspecified atom stereocenters. The van der Waals surface area contributed by atoms with Crippen molar-refractivity contribution in [3.8, 4) is 6.07 Å². The van der Waals surface area contributed by atoms with Gasteiger partial charge in [-0.2, -0.15) is 5.26 Å². The lowest BCUT2D eigenvalue weighted by Gasteiger charge is -2.09. The highest BCUT2D eigenvalue weighted by atomic mass is 14.9. The summed E-state index contributed by atoms with van der Waals surface area (Å²) in [5, 5.41) is 12.3. The van der Waals surface area contributed by atoms with Crippen molar-refractivity contribution in [1.29, 1.82) is 5.26 Å². The Hall–Kier alpha value is -1.75. The highest BCUT2D eigenvalue weighted by Gasteiger charge is 2.03. The van der Waals surface area contributed by atoms with Gasteiger partial charge in [-0.25, -0.2) is 0 Å². The molecule has 2 nitrogen and oxygen atoms in total. The van der Waals surface area contributed by atoms with E-state index in [1.165, 1.54) is 0 Å². The summed E-state index contributed by atoms with van der Waals surface area (Å²) in [6, 6.07) is 8.06. The highest BCUT2D eigenvalue weighted by Crippen LogP contribution is 2.18. The van der Waals surface area contributed by atoms with Gasteiger partial charge in [0.1, 0.15) is 6.07 Å². The van der Waals surface area contributed by atoms with E-state index < -0.39 is 0 Å². The molecule has 0 aliphatic carbocycles. The summed E-state index contributed by atoms with van der Waals surface area (Å²) in [6.45, 7) is 8.62. The zero-order chi connectivity index (χ0) is 11.3. The molecule has 78 valence electrons. The maximum absolute atomic E-state index is 9.00. The largest absolute Gasteiger partial charge is 0.384 e. The summed E-state index contributed by atoms with van der Waals surface area (Å²) in [4.78, 5) is 0. The van der Waals surface area contributed by atoms with Crippen molar-refractivity contribution in [3.63, 3.8) is 0 Å². The molecule has 0 amide bonds. The van der Waals surface area contributed by atoms with Crippen LogP contribution in [0.2, 0.25) is 0 Å². The third kappa shape index (κ3) is 3.14. The van der Waals surface area contributed by atoms with E-state index in [0.717, 1.165) is 35.4 Å². The second kappa shape index (κ2) is 5.21. The van der Waals surface area contributed by atoms with Gasteiger partial charge in [0.05, 0.1) is 11.3 Å². The van der Waals surface area contributed by atoms with Gasteiger partial charge in [-0.3, -0.25) is 0 Å². The van der Waals surface area contributed by atoms with Crippen LogP contribution in [0, 0.1) is 18.3 Å². The first-order valence-electron chi connectivity index (χ1n) is 5.03. The third-order valence-corrected chi connectivity index (χ3v) is 2.25. The summed E-state index contributed by atoms with van der Waals surface area (Å²) in [6.07, 6.45) is 0.929. The molecule has 0 atom stereocenters. The van der Waals surface area contributed by atoms with E-state index in [0.29, 0.717) is 0 Å². The molecule has 0 saturated heterocycles. The molecule has 15 heavy (non-hydrogen) atoms. The minimum Gasteiger partial charge on any atom is -0.384 e. The van der Waals surface area contributed by atoms with E-state index in [2.05, 4.69) is 18.0 Å². The Balaban J connectivity index is 2.73. The van der Waals surface area contributed by atoms with Crippen molar-refractivity contribution in [2.24, 2.45) is 0 Å². The number of anilines is 1. The molecule has 1 aromatic rings. The molecule has 1 rings (SSSR count). The van der Waals surface area contributed by atoms with Gasteiger partial charge >= 0.3 is 0 Å². The molecule has 0 aliphatic heterocycles. The smallest absolute Gasteiger partial charge is 0.102 e. The Morgan fingerprint density at radius 1 is 1.53 bits per heavy atom. The lowest BCUT2D eigenvalue weighted by Crippen LogP contribution is -2.04. The second-order valence-corrected chi connectivity index (χ2v) is 3.74. The zero-order valence-electron chi connectivity index (χ0n) is 9.30. The monoisotopic (exact) mass is 200 g/mol. The van der Waals surface area contributed by atoms with Gasteiger partial charge in [-0.05, 0) is 31.9 Å². The molecule has 0 bridgehead atoms. The van der Waals surface area contributed by atoms with Gasteiger partial charge < -0.3 is 5.32 Å². The fourth-order valence-electron chi connectivity index (χ4n) is 1.37. The number of aryl methyl sites for hydroxylation is 1. The molecule has 0 fully saturated rings.